The molecule has 0 bridgehead atoms. The number of rotatable bonds is 8. The second-order valence-electron chi connectivity index (χ2n) is 6.78. The maximum Gasteiger partial charge on any atom is 0.255 e. The Hall–Kier alpha value is -2.34. The van der Waals surface area contributed by atoms with Gasteiger partial charge < -0.3 is 14.5 Å². The van der Waals surface area contributed by atoms with Gasteiger partial charge in [0.05, 0.1) is 24.5 Å². The first-order chi connectivity index (χ1) is 13.1. The van der Waals surface area contributed by atoms with E-state index in [4.69, 9.17) is 9.47 Å². The molecule has 0 aliphatic carbocycles. The molecule has 1 aliphatic heterocycles. The van der Waals surface area contributed by atoms with Crippen LogP contribution >= 0.6 is 0 Å². The number of hydrogen-bond donors (Lipinski definition) is 1. The van der Waals surface area contributed by atoms with Gasteiger partial charge in [-0.05, 0) is 26.3 Å². The van der Waals surface area contributed by atoms with E-state index in [1.807, 2.05) is 26.0 Å². The van der Waals surface area contributed by atoms with Gasteiger partial charge in [-0.25, -0.2) is 4.98 Å². The average Bonchev–Trinajstić information content (AvgIpc) is 2.65. The van der Waals surface area contributed by atoms with Crippen LogP contribution in [0.2, 0.25) is 0 Å². The Morgan fingerprint density at radius 2 is 2.00 bits per heavy atom. The molecule has 6 heteroatoms. The molecule has 0 atom stereocenters. The smallest absolute Gasteiger partial charge is 0.255 e. The van der Waals surface area contributed by atoms with Crippen molar-refractivity contribution in [3.05, 3.63) is 51.2 Å². The van der Waals surface area contributed by atoms with Gasteiger partial charge in [-0.1, -0.05) is 13.0 Å². The topological polar surface area (TPSA) is 67.5 Å². The summed E-state index contributed by atoms with van der Waals surface area (Å²) in [5.74, 6) is 2.47. The maximum atomic E-state index is 12.5. The first-order valence-electron chi connectivity index (χ1n) is 9.86. The summed E-state index contributed by atoms with van der Waals surface area (Å²) in [5, 5.41) is 0. The monoisotopic (exact) mass is 371 g/mol. The van der Waals surface area contributed by atoms with Crippen molar-refractivity contribution >= 4 is 0 Å². The fourth-order valence-corrected chi connectivity index (χ4v) is 3.48. The largest absolute Gasteiger partial charge is 0.494 e. The number of ether oxygens (including phenoxy) is 2. The van der Waals surface area contributed by atoms with Gasteiger partial charge >= 0.3 is 0 Å². The highest BCUT2D eigenvalue weighted by Gasteiger charge is 2.22. The first-order valence-corrected chi connectivity index (χ1v) is 9.86. The zero-order valence-corrected chi connectivity index (χ0v) is 16.5. The van der Waals surface area contributed by atoms with Gasteiger partial charge in [0.2, 0.25) is 0 Å². The summed E-state index contributed by atoms with van der Waals surface area (Å²) in [6.07, 6.45) is 2.60. The van der Waals surface area contributed by atoms with E-state index in [1.165, 1.54) is 0 Å². The molecule has 1 aromatic carbocycles. The fourth-order valence-electron chi connectivity index (χ4n) is 3.48. The Kier molecular flexibility index (Phi) is 6.50. The van der Waals surface area contributed by atoms with E-state index >= 15 is 0 Å². The predicted octanol–water partition coefficient (Wildman–Crippen LogP) is 3.08. The van der Waals surface area contributed by atoms with Crippen LogP contribution in [0.3, 0.4) is 0 Å². The van der Waals surface area contributed by atoms with Crippen molar-refractivity contribution in [2.45, 2.75) is 53.1 Å². The minimum atomic E-state index is 0.00451. The van der Waals surface area contributed by atoms with E-state index in [0.29, 0.717) is 19.8 Å². The molecule has 27 heavy (non-hydrogen) atoms. The zero-order valence-electron chi connectivity index (χ0n) is 16.5. The van der Waals surface area contributed by atoms with Gasteiger partial charge in [-0.2, -0.15) is 0 Å². The molecule has 0 spiro atoms. The van der Waals surface area contributed by atoms with Gasteiger partial charge in [0.15, 0.2) is 0 Å². The van der Waals surface area contributed by atoms with Gasteiger partial charge in [0.1, 0.15) is 17.3 Å². The number of aromatic nitrogens is 2. The van der Waals surface area contributed by atoms with Gasteiger partial charge in [0, 0.05) is 44.1 Å². The molecular formula is C21H29N3O3. The third-order valence-corrected chi connectivity index (χ3v) is 4.73. The normalized spacial score (nSPS) is 14.0. The molecule has 2 heterocycles. The third-order valence-electron chi connectivity index (χ3n) is 4.73. The predicted molar refractivity (Wildman–Crippen MR) is 105 cm³/mol. The summed E-state index contributed by atoms with van der Waals surface area (Å²) < 4.78 is 11.4. The molecule has 1 aromatic heterocycles. The molecule has 0 unspecified atom stereocenters. The van der Waals surface area contributed by atoms with Crippen molar-refractivity contribution in [1.82, 2.24) is 14.9 Å². The number of nitrogens with zero attached hydrogens (tertiary/aromatic N) is 2. The van der Waals surface area contributed by atoms with Crippen molar-refractivity contribution < 1.29 is 9.47 Å². The summed E-state index contributed by atoms with van der Waals surface area (Å²) in [6.45, 7) is 9.51. The highest BCUT2D eigenvalue weighted by molar-refractivity contribution is 5.41. The Balaban J connectivity index is 1.77. The Labute approximate surface area is 160 Å². The molecule has 3 rings (SSSR count). The van der Waals surface area contributed by atoms with Crippen LogP contribution in [0.1, 0.15) is 49.8 Å². The molecule has 146 valence electrons. The molecule has 6 nitrogen and oxygen atoms in total. The second-order valence-corrected chi connectivity index (χ2v) is 6.78. The molecule has 1 N–H and O–H groups in total. The fraction of sp³-hybridized carbons (Fsp3) is 0.524. The van der Waals surface area contributed by atoms with Crippen molar-refractivity contribution in [3.8, 4) is 11.5 Å². The number of hydrogen-bond acceptors (Lipinski definition) is 5. The minimum Gasteiger partial charge on any atom is -0.494 e. The Morgan fingerprint density at radius 3 is 2.74 bits per heavy atom. The molecule has 0 saturated heterocycles. The molecule has 0 saturated carbocycles. The van der Waals surface area contributed by atoms with Crippen LogP contribution < -0.4 is 15.0 Å². The number of H-pyrrole nitrogens is 1. The van der Waals surface area contributed by atoms with Crippen LogP contribution in [-0.2, 0) is 25.9 Å². The standard InChI is InChI=1S/C21H29N3O3/c1-4-7-20-22-18-10-11-24(14-17(18)21(25)23-20)13-15-8-9-16(26-5-2)12-19(15)27-6-3/h8-9,12H,4-7,10-11,13-14H2,1-3H3,(H,22,23,25). The average molecular weight is 371 g/mol. The van der Waals surface area contributed by atoms with Crippen LogP contribution in [0.15, 0.2) is 23.0 Å². The van der Waals surface area contributed by atoms with Crippen LogP contribution in [-0.4, -0.2) is 34.6 Å². The number of benzene rings is 1. The number of aromatic amines is 1. The van der Waals surface area contributed by atoms with E-state index in [2.05, 4.69) is 27.9 Å². The van der Waals surface area contributed by atoms with Gasteiger partial charge in [-0.3, -0.25) is 9.69 Å². The summed E-state index contributed by atoms with van der Waals surface area (Å²) in [6, 6.07) is 5.98. The van der Waals surface area contributed by atoms with E-state index in [9.17, 15) is 4.79 Å². The molecule has 0 fully saturated rings. The van der Waals surface area contributed by atoms with Crippen LogP contribution in [0, 0.1) is 0 Å². The van der Waals surface area contributed by atoms with Gasteiger partial charge in [0.25, 0.3) is 5.56 Å². The lowest BCUT2D eigenvalue weighted by molar-refractivity contribution is 0.235. The van der Waals surface area contributed by atoms with Crippen molar-refractivity contribution in [2.75, 3.05) is 19.8 Å². The van der Waals surface area contributed by atoms with E-state index in [0.717, 1.165) is 66.5 Å². The van der Waals surface area contributed by atoms with Crippen LogP contribution in [0.4, 0.5) is 0 Å². The molecule has 1 aliphatic rings. The van der Waals surface area contributed by atoms with Gasteiger partial charge in [-0.15, -0.1) is 0 Å². The zero-order chi connectivity index (χ0) is 19.2. The van der Waals surface area contributed by atoms with Crippen molar-refractivity contribution in [3.63, 3.8) is 0 Å². The highest BCUT2D eigenvalue weighted by atomic mass is 16.5. The van der Waals surface area contributed by atoms with Crippen LogP contribution in [0.5, 0.6) is 11.5 Å². The second kappa shape index (κ2) is 9.04. The Morgan fingerprint density at radius 1 is 1.19 bits per heavy atom. The number of fused-ring (bicyclic) bond motifs is 1. The minimum absolute atomic E-state index is 0.00451. The Bertz CT molecular complexity index is 832. The molecule has 0 amide bonds. The number of nitrogens with one attached hydrogen (secondary N) is 1. The van der Waals surface area contributed by atoms with Crippen molar-refractivity contribution in [2.24, 2.45) is 0 Å². The molecular weight excluding hydrogens is 342 g/mol. The third kappa shape index (κ3) is 4.69. The van der Waals surface area contributed by atoms with E-state index in [1.54, 1.807) is 0 Å². The van der Waals surface area contributed by atoms with Crippen LogP contribution in [0.25, 0.3) is 0 Å². The van der Waals surface area contributed by atoms with Crippen molar-refractivity contribution in [1.29, 1.82) is 0 Å². The van der Waals surface area contributed by atoms with E-state index < -0.39 is 0 Å². The SMILES string of the molecule is CCCc1nc2c(c(=O)[nH]1)CN(Cc1ccc(OCC)cc1OCC)CC2. The summed E-state index contributed by atoms with van der Waals surface area (Å²) >= 11 is 0. The lowest BCUT2D eigenvalue weighted by Gasteiger charge is -2.28. The lowest BCUT2D eigenvalue weighted by atomic mass is 10.1. The quantitative estimate of drug-likeness (QED) is 0.772. The van der Waals surface area contributed by atoms with E-state index in [-0.39, 0.29) is 5.56 Å². The molecule has 2 aromatic rings. The summed E-state index contributed by atoms with van der Waals surface area (Å²) in [5.41, 5.74) is 2.86. The number of aryl methyl sites for hydroxylation is 1. The summed E-state index contributed by atoms with van der Waals surface area (Å²) in [4.78, 5) is 22.4. The first kappa shape index (κ1) is 19.4. The lowest BCUT2D eigenvalue weighted by Crippen LogP contribution is -2.35. The highest BCUT2D eigenvalue weighted by Crippen LogP contribution is 2.27. The maximum absolute atomic E-state index is 12.5. The summed E-state index contributed by atoms with van der Waals surface area (Å²) in [7, 11) is 0. The molecule has 0 radical (unpaired) electrons.